The second kappa shape index (κ2) is 3.85. The molecule has 5 heteroatoms. The second-order valence-electron chi connectivity index (χ2n) is 4.40. The number of nitrogen functional groups attached to an aromatic ring is 1. The van der Waals surface area contributed by atoms with Crippen LogP contribution in [-0.4, -0.2) is 15.0 Å². The fourth-order valence-electron chi connectivity index (χ4n) is 2.20. The van der Waals surface area contributed by atoms with Gasteiger partial charge in [0.05, 0.1) is 6.54 Å². The first-order valence-electron chi connectivity index (χ1n) is 5.59. The number of rotatable bonds is 2. The van der Waals surface area contributed by atoms with Crippen LogP contribution in [0.4, 0.5) is 5.69 Å². The van der Waals surface area contributed by atoms with Crippen molar-refractivity contribution in [3.8, 4) is 0 Å². The van der Waals surface area contributed by atoms with Crippen molar-refractivity contribution >= 4 is 5.69 Å². The molecule has 1 aromatic carbocycles. The number of hydrogen-bond donors (Lipinski definition) is 1. The molecule has 0 saturated carbocycles. The van der Waals surface area contributed by atoms with E-state index in [0.717, 1.165) is 24.6 Å². The summed E-state index contributed by atoms with van der Waals surface area (Å²) in [6.07, 6.45) is 0. The highest BCUT2D eigenvalue weighted by molar-refractivity contribution is 5.46. The summed E-state index contributed by atoms with van der Waals surface area (Å²) >= 11 is 0. The Hall–Kier alpha value is -1.88. The molecule has 0 saturated heterocycles. The Morgan fingerprint density at radius 3 is 2.94 bits per heavy atom. The molecular weight excluding hydrogens is 216 g/mol. The zero-order valence-electron chi connectivity index (χ0n) is 9.68. The van der Waals surface area contributed by atoms with Gasteiger partial charge in [-0.2, -0.15) is 4.98 Å². The summed E-state index contributed by atoms with van der Waals surface area (Å²) in [6, 6.07) is 6.07. The van der Waals surface area contributed by atoms with E-state index in [1.165, 1.54) is 11.1 Å². The topological polar surface area (TPSA) is 68.2 Å². The maximum absolute atomic E-state index is 5.77. The third-order valence-electron chi connectivity index (χ3n) is 2.95. The molecule has 2 heterocycles. The van der Waals surface area contributed by atoms with Crippen LogP contribution in [-0.2, 0) is 19.6 Å². The molecule has 5 nitrogen and oxygen atoms in total. The monoisotopic (exact) mass is 230 g/mol. The van der Waals surface area contributed by atoms with Crippen molar-refractivity contribution in [1.29, 1.82) is 0 Å². The van der Waals surface area contributed by atoms with Crippen LogP contribution in [0.5, 0.6) is 0 Å². The summed E-state index contributed by atoms with van der Waals surface area (Å²) in [6.45, 7) is 4.33. The van der Waals surface area contributed by atoms with Crippen molar-refractivity contribution in [2.45, 2.75) is 26.6 Å². The van der Waals surface area contributed by atoms with Crippen LogP contribution in [0.2, 0.25) is 0 Å². The molecule has 0 amide bonds. The predicted molar refractivity (Wildman–Crippen MR) is 62.8 cm³/mol. The van der Waals surface area contributed by atoms with Crippen LogP contribution in [0.25, 0.3) is 0 Å². The van der Waals surface area contributed by atoms with Gasteiger partial charge in [0.15, 0.2) is 5.82 Å². The van der Waals surface area contributed by atoms with Gasteiger partial charge in [0.2, 0.25) is 5.89 Å². The van der Waals surface area contributed by atoms with Gasteiger partial charge in [0, 0.05) is 25.7 Å². The van der Waals surface area contributed by atoms with E-state index in [-0.39, 0.29) is 0 Å². The van der Waals surface area contributed by atoms with Crippen LogP contribution in [0.15, 0.2) is 22.7 Å². The van der Waals surface area contributed by atoms with Crippen molar-refractivity contribution < 1.29 is 4.52 Å². The molecule has 0 spiro atoms. The number of hydrogen-bond acceptors (Lipinski definition) is 5. The van der Waals surface area contributed by atoms with Gasteiger partial charge in [-0.3, -0.25) is 4.90 Å². The molecular formula is C12H14N4O. The summed E-state index contributed by atoms with van der Waals surface area (Å²) < 4.78 is 4.96. The first kappa shape index (κ1) is 10.3. The van der Waals surface area contributed by atoms with E-state index < -0.39 is 0 Å². The average Bonchev–Trinajstić information content (AvgIpc) is 2.84. The minimum absolute atomic E-state index is 0.612. The number of fused-ring (bicyclic) bond motifs is 1. The standard InChI is InChI=1S/C12H14N4O/c1-8-14-12(15-17-8)7-16-5-9-2-3-11(13)4-10(9)6-16/h2-4H,5-7,13H2,1H3. The first-order valence-corrected chi connectivity index (χ1v) is 5.59. The molecule has 0 aliphatic carbocycles. The van der Waals surface area contributed by atoms with Crippen LogP contribution < -0.4 is 5.73 Å². The quantitative estimate of drug-likeness (QED) is 0.791. The predicted octanol–water partition coefficient (Wildman–Crippen LogP) is 1.48. The summed E-state index contributed by atoms with van der Waals surface area (Å²) in [4.78, 5) is 6.48. The maximum Gasteiger partial charge on any atom is 0.223 e. The average molecular weight is 230 g/mol. The van der Waals surface area contributed by atoms with Crippen molar-refractivity contribution in [1.82, 2.24) is 15.0 Å². The summed E-state index contributed by atoms with van der Waals surface area (Å²) in [5, 5.41) is 3.91. The Bertz CT molecular complexity index is 547. The van der Waals surface area contributed by atoms with Crippen LogP contribution in [0.1, 0.15) is 22.8 Å². The van der Waals surface area contributed by atoms with Crippen molar-refractivity contribution in [3.63, 3.8) is 0 Å². The fraction of sp³-hybridized carbons (Fsp3) is 0.333. The van der Waals surface area contributed by atoms with Crippen molar-refractivity contribution in [2.24, 2.45) is 0 Å². The van der Waals surface area contributed by atoms with Gasteiger partial charge in [-0.25, -0.2) is 0 Å². The zero-order valence-corrected chi connectivity index (χ0v) is 9.68. The smallest absolute Gasteiger partial charge is 0.223 e. The van der Waals surface area contributed by atoms with Crippen LogP contribution in [0.3, 0.4) is 0 Å². The minimum Gasteiger partial charge on any atom is -0.399 e. The lowest BCUT2D eigenvalue weighted by molar-refractivity contribution is 0.262. The zero-order chi connectivity index (χ0) is 11.8. The number of aryl methyl sites for hydroxylation is 1. The Morgan fingerprint density at radius 2 is 2.18 bits per heavy atom. The highest BCUT2D eigenvalue weighted by Gasteiger charge is 2.20. The summed E-state index contributed by atoms with van der Waals surface area (Å²) in [5.74, 6) is 1.35. The van der Waals surface area contributed by atoms with Crippen LogP contribution in [0, 0.1) is 6.92 Å². The molecule has 17 heavy (non-hydrogen) atoms. The molecule has 1 aliphatic heterocycles. The van der Waals surface area contributed by atoms with E-state index in [1.807, 2.05) is 12.1 Å². The Labute approximate surface area is 99.2 Å². The Balaban J connectivity index is 1.74. The third-order valence-corrected chi connectivity index (χ3v) is 2.95. The van der Waals surface area contributed by atoms with Gasteiger partial charge in [-0.1, -0.05) is 11.2 Å². The molecule has 0 atom stereocenters. The number of anilines is 1. The lowest BCUT2D eigenvalue weighted by atomic mass is 10.1. The molecule has 88 valence electrons. The van der Waals surface area contributed by atoms with E-state index in [4.69, 9.17) is 10.3 Å². The molecule has 0 fully saturated rings. The molecule has 2 N–H and O–H groups in total. The molecule has 2 aromatic rings. The molecule has 1 aliphatic rings. The van der Waals surface area contributed by atoms with Crippen LogP contribution >= 0.6 is 0 Å². The maximum atomic E-state index is 5.77. The van der Waals surface area contributed by atoms with Gasteiger partial charge in [0.1, 0.15) is 0 Å². The van der Waals surface area contributed by atoms with E-state index in [1.54, 1.807) is 6.92 Å². The summed E-state index contributed by atoms with van der Waals surface area (Å²) in [7, 11) is 0. The van der Waals surface area contributed by atoms with Gasteiger partial charge < -0.3 is 10.3 Å². The molecule has 0 bridgehead atoms. The molecule has 3 rings (SSSR count). The Morgan fingerprint density at radius 1 is 1.35 bits per heavy atom. The van der Waals surface area contributed by atoms with E-state index in [0.29, 0.717) is 12.4 Å². The molecule has 0 unspecified atom stereocenters. The number of aromatic nitrogens is 2. The van der Waals surface area contributed by atoms with E-state index in [9.17, 15) is 0 Å². The SMILES string of the molecule is Cc1nc(CN2Cc3ccc(N)cc3C2)no1. The van der Waals surface area contributed by atoms with Crippen molar-refractivity contribution in [2.75, 3.05) is 5.73 Å². The number of nitrogens with two attached hydrogens (primary N) is 1. The number of nitrogens with zero attached hydrogens (tertiary/aromatic N) is 3. The first-order chi connectivity index (χ1) is 8.20. The van der Waals surface area contributed by atoms with E-state index >= 15 is 0 Å². The molecule has 1 aromatic heterocycles. The van der Waals surface area contributed by atoms with E-state index in [2.05, 4.69) is 21.1 Å². The normalized spacial score (nSPS) is 15.1. The highest BCUT2D eigenvalue weighted by Crippen LogP contribution is 2.25. The van der Waals surface area contributed by atoms with Gasteiger partial charge >= 0.3 is 0 Å². The Kier molecular flexibility index (Phi) is 2.33. The third kappa shape index (κ3) is 2.01. The largest absolute Gasteiger partial charge is 0.399 e. The minimum atomic E-state index is 0.612. The lowest BCUT2D eigenvalue weighted by Crippen LogP contribution is -2.16. The lowest BCUT2D eigenvalue weighted by Gasteiger charge is -2.10. The molecule has 0 radical (unpaired) electrons. The number of benzene rings is 1. The van der Waals surface area contributed by atoms with Gasteiger partial charge in [0.25, 0.3) is 0 Å². The van der Waals surface area contributed by atoms with Gasteiger partial charge in [-0.05, 0) is 23.3 Å². The highest BCUT2D eigenvalue weighted by atomic mass is 16.5. The summed E-state index contributed by atoms with van der Waals surface area (Å²) in [5.41, 5.74) is 9.22. The van der Waals surface area contributed by atoms with Crippen molar-refractivity contribution in [3.05, 3.63) is 41.0 Å². The second-order valence-corrected chi connectivity index (χ2v) is 4.40. The fourth-order valence-corrected chi connectivity index (χ4v) is 2.20. The van der Waals surface area contributed by atoms with Gasteiger partial charge in [-0.15, -0.1) is 0 Å².